The first-order chi connectivity index (χ1) is 6.63. The van der Waals surface area contributed by atoms with Crippen LogP contribution in [0.4, 0.5) is 0 Å². The molecule has 0 aliphatic carbocycles. The first-order valence-corrected chi connectivity index (χ1v) is 5.52. The third-order valence-corrected chi connectivity index (χ3v) is 2.67. The maximum absolute atomic E-state index is 6.07. The summed E-state index contributed by atoms with van der Waals surface area (Å²) >= 11 is 6.07. The minimum Gasteiger partial charge on any atom is -0.241 e. The average Bonchev–Trinajstić information content (AvgIpc) is 2.18. The largest absolute Gasteiger partial charge is 0.241 e. The van der Waals surface area contributed by atoms with Crippen molar-refractivity contribution >= 4 is 11.6 Å². The fourth-order valence-electron chi connectivity index (χ4n) is 1.21. The van der Waals surface area contributed by atoms with E-state index in [4.69, 9.17) is 11.6 Å². The van der Waals surface area contributed by atoms with Crippen LogP contribution in [-0.4, -0.2) is 15.3 Å². The van der Waals surface area contributed by atoms with Crippen LogP contribution >= 0.6 is 11.6 Å². The van der Waals surface area contributed by atoms with Crippen molar-refractivity contribution in [1.82, 2.24) is 9.97 Å². The van der Waals surface area contributed by atoms with Gasteiger partial charge in [0.25, 0.3) is 0 Å². The Morgan fingerprint density at radius 3 is 2.64 bits per heavy atom. The maximum Gasteiger partial charge on any atom is 0.115 e. The van der Waals surface area contributed by atoms with Crippen molar-refractivity contribution in [3.63, 3.8) is 0 Å². The molecule has 0 radical (unpaired) electrons. The molecule has 0 aliphatic rings. The highest BCUT2D eigenvalue weighted by Gasteiger charge is 2.07. The van der Waals surface area contributed by atoms with Crippen molar-refractivity contribution in [3.05, 3.63) is 23.8 Å². The normalized spacial score (nSPS) is 13.2. The number of rotatable bonds is 4. The van der Waals surface area contributed by atoms with Gasteiger partial charge >= 0.3 is 0 Å². The van der Waals surface area contributed by atoms with E-state index in [1.165, 1.54) is 0 Å². The van der Waals surface area contributed by atoms with E-state index in [9.17, 15) is 0 Å². The van der Waals surface area contributed by atoms with E-state index < -0.39 is 0 Å². The molecule has 78 valence electrons. The summed E-state index contributed by atoms with van der Waals surface area (Å²) in [7, 11) is 0. The van der Waals surface area contributed by atoms with E-state index in [1.807, 2.05) is 0 Å². The fraction of sp³-hybridized carbons (Fsp3) is 0.636. The number of nitrogens with zero attached hydrogens (tertiary/aromatic N) is 2. The van der Waals surface area contributed by atoms with Gasteiger partial charge in [0.05, 0.1) is 0 Å². The van der Waals surface area contributed by atoms with Crippen LogP contribution in [0.5, 0.6) is 0 Å². The zero-order valence-electron chi connectivity index (χ0n) is 9.00. The standard InChI is InChI=1S/C11H17ClN2/c1-4-9(12)5-10-6-11(8(2)3)14-7-13-10/h6-9H,4-5H2,1-3H3. The Labute approximate surface area is 90.7 Å². The van der Waals surface area contributed by atoms with Crippen LogP contribution < -0.4 is 0 Å². The van der Waals surface area contributed by atoms with Crippen LogP contribution in [0.15, 0.2) is 12.4 Å². The molecule has 14 heavy (non-hydrogen) atoms. The van der Waals surface area contributed by atoms with Crippen LogP contribution in [0.2, 0.25) is 0 Å². The number of hydrogen-bond donors (Lipinski definition) is 0. The minimum atomic E-state index is 0.185. The Kier molecular flexibility index (Phi) is 4.33. The number of alkyl halides is 1. The smallest absolute Gasteiger partial charge is 0.115 e. The highest BCUT2D eigenvalue weighted by Crippen LogP contribution is 2.14. The molecule has 0 saturated carbocycles. The monoisotopic (exact) mass is 212 g/mol. The summed E-state index contributed by atoms with van der Waals surface area (Å²) in [6.07, 6.45) is 3.44. The average molecular weight is 213 g/mol. The van der Waals surface area contributed by atoms with Crippen LogP contribution in [0, 0.1) is 0 Å². The first kappa shape index (κ1) is 11.4. The SMILES string of the molecule is CCC(Cl)Cc1cc(C(C)C)ncn1. The van der Waals surface area contributed by atoms with E-state index >= 15 is 0 Å². The lowest BCUT2D eigenvalue weighted by molar-refractivity contribution is 0.760. The summed E-state index contributed by atoms with van der Waals surface area (Å²) in [5, 5.41) is 0.185. The van der Waals surface area contributed by atoms with Gasteiger partial charge in [0.2, 0.25) is 0 Å². The van der Waals surface area contributed by atoms with Gasteiger partial charge in [-0.25, -0.2) is 9.97 Å². The summed E-state index contributed by atoms with van der Waals surface area (Å²) < 4.78 is 0. The van der Waals surface area contributed by atoms with E-state index in [2.05, 4.69) is 36.8 Å². The lowest BCUT2D eigenvalue weighted by Crippen LogP contribution is -2.05. The van der Waals surface area contributed by atoms with Gasteiger partial charge in [-0.05, 0) is 18.4 Å². The van der Waals surface area contributed by atoms with Gasteiger partial charge in [-0.3, -0.25) is 0 Å². The molecule has 3 heteroatoms. The molecule has 0 N–H and O–H groups in total. The summed E-state index contributed by atoms with van der Waals surface area (Å²) in [5.74, 6) is 0.451. The van der Waals surface area contributed by atoms with Gasteiger partial charge in [0.15, 0.2) is 0 Å². The molecule has 1 atom stereocenters. The molecule has 0 fully saturated rings. The van der Waals surface area contributed by atoms with Gasteiger partial charge in [-0.1, -0.05) is 20.8 Å². The number of halogens is 1. The van der Waals surface area contributed by atoms with Crippen LogP contribution in [0.25, 0.3) is 0 Å². The topological polar surface area (TPSA) is 25.8 Å². The van der Waals surface area contributed by atoms with Gasteiger partial charge in [-0.2, -0.15) is 0 Å². The fourth-order valence-corrected chi connectivity index (χ4v) is 1.37. The Morgan fingerprint density at radius 2 is 2.07 bits per heavy atom. The molecule has 0 spiro atoms. The number of aromatic nitrogens is 2. The van der Waals surface area contributed by atoms with Crippen molar-refractivity contribution in [3.8, 4) is 0 Å². The lowest BCUT2D eigenvalue weighted by atomic mass is 10.1. The Balaban J connectivity index is 2.73. The molecule has 0 aromatic carbocycles. The lowest BCUT2D eigenvalue weighted by Gasteiger charge is -2.08. The van der Waals surface area contributed by atoms with Crippen molar-refractivity contribution in [1.29, 1.82) is 0 Å². The quantitative estimate of drug-likeness (QED) is 0.717. The summed E-state index contributed by atoms with van der Waals surface area (Å²) in [4.78, 5) is 8.43. The Bertz CT molecular complexity index is 286. The van der Waals surface area contributed by atoms with Crippen molar-refractivity contribution in [2.45, 2.75) is 44.9 Å². The van der Waals surface area contributed by atoms with E-state index in [0.29, 0.717) is 5.92 Å². The Morgan fingerprint density at radius 1 is 1.36 bits per heavy atom. The molecule has 0 bridgehead atoms. The molecule has 0 amide bonds. The second-order valence-electron chi connectivity index (χ2n) is 3.80. The molecule has 2 nitrogen and oxygen atoms in total. The van der Waals surface area contributed by atoms with Crippen LogP contribution in [0.3, 0.4) is 0 Å². The first-order valence-electron chi connectivity index (χ1n) is 5.08. The highest BCUT2D eigenvalue weighted by molar-refractivity contribution is 6.20. The van der Waals surface area contributed by atoms with Gasteiger partial charge in [-0.15, -0.1) is 11.6 Å². The highest BCUT2D eigenvalue weighted by atomic mass is 35.5. The zero-order valence-corrected chi connectivity index (χ0v) is 9.75. The molecule has 1 unspecified atom stereocenters. The maximum atomic E-state index is 6.07. The summed E-state index contributed by atoms with van der Waals surface area (Å²) in [6.45, 7) is 6.34. The molecule has 1 aromatic heterocycles. The summed E-state index contributed by atoms with van der Waals surface area (Å²) in [5.41, 5.74) is 2.14. The van der Waals surface area contributed by atoms with Crippen molar-refractivity contribution in [2.75, 3.05) is 0 Å². The third kappa shape index (κ3) is 3.26. The molecular formula is C11H17ClN2. The second kappa shape index (κ2) is 5.30. The molecular weight excluding hydrogens is 196 g/mol. The molecule has 0 saturated heterocycles. The third-order valence-electron chi connectivity index (χ3n) is 2.21. The molecule has 1 rings (SSSR count). The number of hydrogen-bond acceptors (Lipinski definition) is 2. The van der Waals surface area contributed by atoms with Crippen molar-refractivity contribution < 1.29 is 0 Å². The Hall–Kier alpha value is -0.630. The van der Waals surface area contributed by atoms with E-state index in [-0.39, 0.29) is 5.38 Å². The minimum absolute atomic E-state index is 0.185. The van der Waals surface area contributed by atoms with Gasteiger partial charge < -0.3 is 0 Å². The molecule has 1 heterocycles. The van der Waals surface area contributed by atoms with Gasteiger partial charge in [0, 0.05) is 23.2 Å². The van der Waals surface area contributed by atoms with Gasteiger partial charge in [0.1, 0.15) is 6.33 Å². The van der Waals surface area contributed by atoms with Crippen LogP contribution in [0.1, 0.15) is 44.5 Å². The van der Waals surface area contributed by atoms with E-state index in [1.54, 1.807) is 6.33 Å². The zero-order chi connectivity index (χ0) is 10.6. The van der Waals surface area contributed by atoms with Crippen LogP contribution in [-0.2, 0) is 6.42 Å². The van der Waals surface area contributed by atoms with E-state index in [0.717, 1.165) is 24.2 Å². The second-order valence-corrected chi connectivity index (χ2v) is 4.42. The molecule has 0 aliphatic heterocycles. The molecule has 1 aromatic rings. The van der Waals surface area contributed by atoms with Crippen molar-refractivity contribution in [2.24, 2.45) is 0 Å². The predicted octanol–water partition coefficient (Wildman–Crippen LogP) is 3.16. The predicted molar refractivity (Wildman–Crippen MR) is 59.8 cm³/mol. The summed E-state index contributed by atoms with van der Waals surface area (Å²) in [6, 6.07) is 2.05.